The van der Waals surface area contributed by atoms with Crippen molar-refractivity contribution >= 4 is 14.8 Å². The van der Waals surface area contributed by atoms with E-state index >= 15 is 0 Å². The normalized spacial score (nSPS) is 14.0. The minimum atomic E-state index is -2.75. The quantitative estimate of drug-likeness (QED) is 0.490. The molecule has 6 nitrogen and oxygen atoms in total. The van der Waals surface area contributed by atoms with E-state index < -0.39 is 26.4 Å². The topological polar surface area (TPSA) is 80.0 Å². The molecule has 0 saturated heterocycles. The van der Waals surface area contributed by atoms with Gasteiger partial charge >= 0.3 is 14.8 Å². The molecule has 21 heavy (non-hydrogen) atoms. The second kappa shape index (κ2) is 9.53. The maximum atomic E-state index is 11.9. The van der Waals surface area contributed by atoms with Crippen LogP contribution in [0.2, 0.25) is 6.04 Å². The number of hydrogen-bond donors (Lipinski definition) is 1. The molecule has 0 aliphatic carbocycles. The van der Waals surface area contributed by atoms with Crippen LogP contribution >= 0.6 is 0 Å². The number of carbonyl (C=O) groups excluding carboxylic acids is 1. The summed E-state index contributed by atoms with van der Waals surface area (Å²) in [7, 11) is -2.75. The number of ether oxygens (including phenoxy) is 1. The van der Waals surface area contributed by atoms with Crippen LogP contribution in [0, 0.1) is 0 Å². The van der Waals surface area contributed by atoms with Crippen molar-refractivity contribution in [1.29, 1.82) is 0 Å². The Morgan fingerprint density at radius 3 is 1.81 bits per heavy atom. The number of carbonyl (C=O) groups is 1. The van der Waals surface area contributed by atoms with Crippen molar-refractivity contribution in [2.45, 2.75) is 65.7 Å². The number of hydrogen-bond acceptors (Lipinski definition) is 6. The molecule has 0 aromatic heterocycles. The zero-order valence-corrected chi connectivity index (χ0v) is 15.2. The standard InChI is InChI=1S/C14H31NO5Si/c1-7-17-21(18-8-2,19-9-3)11-10-12(15)13(16)20-14(4,5)6/h12H,7-11,15H2,1-6H3. The zero-order chi connectivity index (χ0) is 16.5. The Hall–Kier alpha value is -0.473. The Morgan fingerprint density at radius 2 is 1.48 bits per heavy atom. The third-order valence-electron chi connectivity index (χ3n) is 2.56. The minimum Gasteiger partial charge on any atom is -0.459 e. The van der Waals surface area contributed by atoms with Crippen molar-refractivity contribution in [2.75, 3.05) is 19.8 Å². The maximum absolute atomic E-state index is 11.9. The van der Waals surface area contributed by atoms with Crippen LogP contribution in [0.25, 0.3) is 0 Å². The molecule has 2 N–H and O–H groups in total. The van der Waals surface area contributed by atoms with Gasteiger partial charge in [0.15, 0.2) is 0 Å². The van der Waals surface area contributed by atoms with Crippen molar-refractivity contribution in [3.8, 4) is 0 Å². The van der Waals surface area contributed by atoms with Crippen LogP contribution in [-0.2, 0) is 22.8 Å². The smallest absolute Gasteiger partial charge is 0.459 e. The molecule has 0 rings (SSSR count). The van der Waals surface area contributed by atoms with Gasteiger partial charge in [0.1, 0.15) is 11.6 Å². The van der Waals surface area contributed by atoms with E-state index in [-0.39, 0.29) is 0 Å². The molecule has 0 aliphatic rings. The molecule has 0 aromatic carbocycles. The number of nitrogens with two attached hydrogens (primary N) is 1. The van der Waals surface area contributed by atoms with E-state index in [2.05, 4.69) is 0 Å². The molecule has 0 fully saturated rings. The Bertz CT molecular complexity index is 289. The first kappa shape index (κ1) is 20.5. The molecule has 1 atom stereocenters. The summed E-state index contributed by atoms with van der Waals surface area (Å²) in [6.07, 6.45) is 0.418. The van der Waals surface area contributed by atoms with Crippen LogP contribution in [0.1, 0.15) is 48.0 Å². The van der Waals surface area contributed by atoms with Gasteiger partial charge in [-0.3, -0.25) is 4.79 Å². The van der Waals surface area contributed by atoms with Crippen LogP contribution in [0.5, 0.6) is 0 Å². The van der Waals surface area contributed by atoms with Crippen LogP contribution in [0.4, 0.5) is 0 Å². The van der Waals surface area contributed by atoms with Gasteiger partial charge in [0, 0.05) is 25.9 Å². The van der Waals surface area contributed by atoms with Gasteiger partial charge in [0.2, 0.25) is 0 Å². The van der Waals surface area contributed by atoms with Crippen molar-refractivity contribution in [1.82, 2.24) is 0 Å². The fourth-order valence-electron chi connectivity index (χ4n) is 1.83. The predicted octanol–water partition coefficient (Wildman–Crippen LogP) is 2.09. The van der Waals surface area contributed by atoms with Crippen molar-refractivity contribution in [2.24, 2.45) is 5.73 Å². The van der Waals surface area contributed by atoms with E-state index in [4.69, 9.17) is 23.7 Å². The largest absolute Gasteiger partial charge is 0.501 e. The second-order valence-corrected chi connectivity index (χ2v) is 8.39. The monoisotopic (exact) mass is 321 g/mol. The maximum Gasteiger partial charge on any atom is 0.501 e. The summed E-state index contributed by atoms with van der Waals surface area (Å²) in [5, 5.41) is 0. The molecule has 0 aromatic rings. The minimum absolute atomic E-state index is 0.408. The zero-order valence-electron chi connectivity index (χ0n) is 14.2. The summed E-state index contributed by atoms with van der Waals surface area (Å²) in [6, 6.07) is -0.194. The van der Waals surface area contributed by atoms with E-state index in [1.807, 2.05) is 41.5 Å². The first-order valence-corrected chi connectivity index (χ1v) is 9.53. The predicted molar refractivity (Wildman–Crippen MR) is 83.9 cm³/mol. The van der Waals surface area contributed by atoms with Gasteiger partial charge in [-0.25, -0.2) is 0 Å². The first-order valence-electron chi connectivity index (χ1n) is 7.60. The van der Waals surface area contributed by atoms with Crippen LogP contribution < -0.4 is 5.73 Å². The van der Waals surface area contributed by atoms with Gasteiger partial charge < -0.3 is 23.7 Å². The molecule has 0 spiro atoms. The molecule has 0 heterocycles. The molecular weight excluding hydrogens is 290 g/mol. The molecule has 0 saturated carbocycles. The first-order chi connectivity index (χ1) is 9.69. The molecular formula is C14H31NO5Si. The Kier molecular flexibility index (Phi) is 9.31. The SMILES string of the molecule is CCO[Si](CCC(N)C(=O)OC(C)(C)C)(OCC)OCC. The Labute approximate surface area is 129 Å². The lowest BCUT2D eigenvalue weighted by Crippen LogP contribution is -2.48. The van der Waals surface area contributed by atoms with Gasteiger partial charge in [-0.05, 0) is 48.0 Å². The average Bonchev–Trinajstić information content (AvgIpc) is 2.35. The molecule has 7 heteroatoms. The Balaban J connectivity index is 4.61. The summed E-state index contributed by atoms with van der Waals surface area (Å²) >= 11 is 0. The van der Waals surface area contributed by atoms with E-state index in [9.17, 15) is 4.79 Å². The van der Waals surface area contributed by atoms with Crippen LogP contribution in [0.3, 0.4) is 0 Å². The summed E-state index contributed by atoms with van der Waals surface area (Å²) in [5.74, 6) is -0.408. The van der Waals surface area contributed by atoms with E-state index in [1.165, 1.54) is 0 Å². The lowest BCUT2D eigenvalue weighted by molar-refractivity contribution is -0.156. The lowest BCUT2D eigenvalue weighted by atomic mass is 10.2. The molecule has 0 bridgehead atoms. The highest BCUT2D eigenvalue weighted by molar-refractivity contribution is 6.60. The van der Waals surface area contributed by atoms with Gasteiger partial charge in [-0.15, -0.1) is 0 Å². The third-order valence-corrected chi connectivity index (χ3v) is 5.65. The summed E-state index contributed by atoms with van der Waals surface area (Å²) in [6.45, 7) is 12.7. The molecule has 1 unspecified atom stereocenters. The Morgan fingerprint density at radius 1 is 1.05 bits per heavy atom. The summed E-state index contributed by atoms with van der Waals surface area (Å²) in [5.41, 5.74) is 5.36. The molecule has 126 valence electrons. The fraction of sp³-hybridized carbons (Fsp3) is 0.929. The molecule has 0 radical (unpaired) electrons. The third kappa shape index (κ3) is 8.52. The lowest BCUT2D eigenvalue weighted by Gasteiger charge is -2.29. The fourth-order valence-corrected chi connectivity index (χ4v) is 4.50. The average molecular weight is 321 g/mol. The summed E-state index contributed by atoms with van der Waals surface area (Å²) < 4.78 is 22.5. The van der Waals surface area contributed by atoms with Crippen molar-refractivity contribution in [3.63, 3.8) is 0 Å². The highest BCUT2D eigenvalue weighted by Crippen LogP contribution is 2.20. The molecule has 0 amide bonds. The highest BCUT2D eigenvalue weighted by Gasteiger charge is 2.41. The van der Waals surface area contributed by atoms with Gasteiger partial charge in [-0.2, -0.15) is 0 Å². The summed E-state index contributed by atoms with van der Waals surface area (Å²) in [4.78, 5) is 11.9. The van der Waals surface area contributed by atoms with E-state index in [1.54, 1.807) is 0 Å². The van der Waals surface area contributed by atoms with Crippen molar-refractivity contribution in [3.05, 3.63) is 0 Å². The van der Waals surface area contributed by atoms with Gasteiger partial charge in [-0.1, -0.05) is 0 Å². The highest BCUT2D eigenvalue weighted by atomic mass is 28.4. The van der Waals surface area contributed by atoms with E-state index in [0.717, 1.165) is 0 Å². The molecule has 0 aliphatic heterocycles. The number of rotatable bonds is 10. The number of esters is 1. The second-order valence-electron chi connectivity index (χ2n) is 5.66. The van der Waals surface area contributed by atoms with Crippen molar-refractivity contribution < 1.29 is 22.8 Å². The van der Waals surface area contributed by atoms with Crippen LogP contribution in [0.15, 0.2) is 0 Å². The van der Waals surface area contributed by atoms with Gasteiger partial charge in [0.25, 0.3) is 0 Å². The van der Waals surface area contributed by atoms with Gasteiger partial charge in [0.05, 0.1) is 0 Å². The van der Waals surface area contributed by atoms with E-state index in [0.29, 0.717) is 32.3 Å². The van der Waals surface area contributed by atoms with Crippen LogP contribution in [-0.4, -0.2) is 46.2 Å².